The molecule has 0 saturated heterocycles. The summed E-state index contributed by atoms with van der Waals surface area (Å²) in [4.78, 5) is 23.8. The van der Waals surface area contributed by atoms with E-state index in [1.807, 2.05) is 0 Å². The Morgan fingerprint density at radius 2 is 1.00 bits per heavy atom. The van der Waals surface area contributed by atoms with Crippen LogP contribution in [0, 0.1) is 0 Å². The van der Waals surface area contributed by atoms with Gasteiger partial charge in [0.15, 0.2) is 11.6 Å². The van der Waals surface area contributed by atoms with Gasteiger partial charge in [0.1, 0.15) is 0 Å². The number of rotatable bonds is 8. The molecular formula is C18H16Cl2N2O2. The van der Waals surface area contributed by atoms with Crippen molar-refractivity contribution in [2.75, 3.05) is 13.1 Å². The predicted molar refractivity (Wildman–Crippen MR) is 95.4 cm³/mol. The van der Waals surface area contributed by atoms with Gasteiger partial charge < -0.3 is 0 Å². The normalized spacial score (nSPS) is 10.9. The van der Waals surface area contributed by atoms with Gasteiger partial charge in [-0.1, -0.05) is 23.2 Å². The van der Waals surface area contributed by atoms with E-state index in [9.17, 15) is 9.59 Å². The summed E-state index contributed by atoms with van der Waals surface area (Å²) in [6.07, 6.45) is 0.548. The molecule has 0 amide bonds. The molecule has 0 aliphatic carbocycles. The third-order valence-electron chi connectivity index (χ3n) is 3.31. The van der Waals surface area contributed by atoms with Crippen LogP contribution >= 0.6 is 23.2 Å². The number of carbonyl (C=O) groups is 2. The molecule has 0 spiro atoms. The van der Waals surface area contributed by atoms with E-state index < -0.39 is 0 Å². The first kappa shape index (κ1) is 18.3. The van der Waals surface area contributed by atoms with Crippen LogP contribution in [0.1, 0.15) is 33.6 Å². The molecule has 0 saturated carbocycles. The van der Waals surface area contributed by atoms with Crippen LogP contribution in [-0.2, 0) is 0 Å². The zero-order chi connectivity index (χ0) is 17.4. The molecular weight excluding hydrogens is 347 g/mol. The number of ketones is 2. The molecule has 6 heteroatoms. The Labute approximate surface area is 150 Å². The first-order chi connectivity index (χ1) is 11.6. The fourth-order valence-electron chi connectivity index (χ4n) is 2.00. The van der Waals surface area contributed by atoms with Crippen LogP contribution in [0.15, 0.2) is 58.8 Å². The molecule has 0 aromatic heterocycles. The molecule has 0 bridgehead atoms. The van der Waals surface area contributed by atoms with Gasteiger partial charge in [0.2, 0.25) is 0 Å². The molecule has 0 atom stereocenters. The van der Waals surface area contributed by atoms with E-state index >= 15 is 0 Å². The Morgan fingerprint density at radius 3 is 1.33 bits per heavy atom. The summed E-state index contributed by atoms with van der Waals surface area (Å²) in [5.74, 6) is -0.0225. The number of hydrogen-bond acceptors (Lipinski definition) is 4. The highest BCUT2D eigenvalue weighted by atomic mass is 35.5. The minimum atomic E-state index is -0.0112. The second-order valence-corrected chi connectivity index (χ2v) is 5.96. The van der Waals surface area contributed by atoms with Crippen LogP contribution < -0.4 is 0 Å². The van der Waals surface area contributed by atoms with Gasteiger partial charge in [-0.05, 0) is 48.5 Å². The largest absolute Gasteiger partial charge is 0.294 e. The lowest BCUT2D eigenvalue weighted by Gasteiger charge is -1.99. The maximum Gasteiger partial charge on any atom is 0.164 e. The summed E-state index contributed by atoms with van der Waals surface area (Å²) >= 11 is 11.6. The van der Waals surface area contributed by atoms with Crippen molar-refractivity contribution < 1.29 is 9.59 Å². The molecule has 0 aliphatic heterocycles. The zero-order valence-electron chi connectivity index (χ0n) is 12.9. The van der Waals surface area contributed by atoms with Crippen molar-refractivity contribution in [2.45, 2.75) is 12.8 Å². The van der Waals surface area contributed by atoms with Crippen molar-refractivity contribution in [3.8, 4) is 0 Å². The van der Waals surface area contributed by atoms with E-state index in [4.69, 9.17) is 23.2 Å². The number of carbonyl (C=O) groups excluding carboxylic acids is 2. The summed E-state index contributed by atoms with van der Waals surface area (Å²) in [6, 6.07) is 13.5. The molecule has 0 aliphatic rings. The van der Waals surface area contributed by atoms with Crippen molar-refractivity contribution >= 4 is 34.8 Å². The average molecular weight is 363 g/mol. The smallest absolute Gasteiger partial charge is 0.164 e. The Morgan fingerprint density at radius 1 is 0.667 bits per heavy atom. The second kappa shape index (κ2) is 9.30. The SMILES string of the molecule is O=C(CCN=NCCC(=O)c1ccc(Cl)cc1)c1ccc(Cl)cc1. The number of Topliss-reactive ketones (excluding diaryl/α,β-unsaturated/α-hetero) is 2. The van der Waals surface area contributed by atoms with Crippen molar-refractivity contribution in [2.24, 2.45) is 10.2 Å². The molecule has 0 radical (unpaired) electrons. The number of benzene rings is 2. The third-order valence-corrected chi connectivity index (χ3v) is 3.81. The molecule has 2 aromatic carbocycles. The highest BCUT2D eigenvalue weighted by Gasteiger charge is 2.06. The van der Waals surface area contributed by atoms with Gasteiger partial charge in [-0.15, -0.1) is 0 Å². The monoisotopic (exact) mass is 362 g/mol. The minimum absolute atomic E-state index is 0.0112. The summed E-state index contributed by atoms with van der Waals surface area (Å²) in [5.41, 5.74) is 1.21. The molecule has 24 heavy (non-hydrogen) atoms. The molecule has 4 nitrogen and oxygen atoms in total. The lowest BCUT2D eigenvalue weighted by Crippen LogP contribution is -2.02. The van der Waals surface area contributed by atoms with Crippen molar-refractivity contribution in [1.82, 2.24) is 0 Å². The van der Waals surface area contributed by atoms with Crippen LogP contribution in [0.2, 0.25) is 10.0 Å². The number of azo groups is 1. The van der Waals surface area contributed by atoms with E-state index in [1.165, 1.54) is 0 Å². The van der Waals surface area contributed by atoms with E-state index in [0.29, 0.717) is 34.3 Å². The van der Waals surface area contributed by atoms with E-state index in [0.717, 1.165) is 0 Å². The molecule has 0 unspecified atom stereocenters. The molecule has 0 fully saturated rings. The summed E-state index contributed by atoms with van der Waals surface area (Å²) in [5, 5.41) is 9.07. The van der Waals surface area contributed by atoms with Gasteiger partial charge >= 0.3 is 0 Å². The van der Waals surface area contributed by atoms with Crippen LogP contribution in [0.4, 0.5) is 0 Å². The average Bonchev–Trinajstić information content (AvgIpc) is 2.58. The minimum Gasteiger partial charge on any atom is -0.294 e. The van der Waals surface area contributed by atoms with Crippen LogP contribution in [0.5, 0.6) is 0 Å². The Bertz CT molecular complexity index is 662. The maximum atomic E-state index is 11.9. The first-order valence-electron chi connectivity index (χ1n) is 7.47. The molecule has 124 valence electrons. The van der Waals surface area contributed by atoms with Crippen LogP contribution in [-0.4, -0.2) is 24.7 Å². The van der Waals surface area contributed by atoms with E-state index in [1.54, 1.807) is 48.5 Å². The van der Waals surface area contributed by atoms with Gasteiger partial charge in [-0.25, -0.2) is 0 Å². The van der Waals surface area contributed by atoms with Crippen LogP contribution in [0.3, 0.4) is 0 Å². The fraction of sp³-hybridized carbons (Fsp3) is 0.222. The van der Waals surface area contributed by atoms with Gasteiger partial charge in [0.05, 0.1) is 13.1 Å². The van der Waals surface area contributed by atoms with Gasteiger partial charge in [-0.2, -0.15) is 10.2 Å². The summed E-state index contributed by atoms with van der Waals surface area (Å²) < 4.78 is 0. The molecule has 0 N–H and O–H groups in total. The fourth-order valence-corrected chi connectivity index (χ4v) is 2.26. The van der Waals surface area contributed by atoms with E-state index in [-0.39, 0.29) is 24.4 Å². The lowest BCUT2D eigenvalue weighted by molar-refractivity contribution is 0.0974. The van der Waals surface area contributed by atoms with E-state index in [2.05, 4.69) is 10.2 Å². The summed E-state index contributed by atoms with van der Waals surface area (Å²) in [6.45, 7) is 0.604. The number of nitrogens with zero attached hydrogens (tertiary/aromatic N) is 2. The summed E-state index contributed by atoms with van der Waals surface area (Å²) in [7, 11) is 0. The standard InChI is InChI=1S/C18H16Cl2N2O2/c19-15-5-1-13(2-6-15)17(23)9-11-21-22-12-10-18(24)14-3-7-16(20)8-4-14/h1-8H,9-12H2. The number of halogens is 2. The highest BCUT2D eigenvalue weighted by molar-refractivity contribution is 6.31. The third kappa shape index (κ3) is 5.87. The van der Waals surface area contributed by atoms with Crippen molar-refractivity contribution in [1.29, 1.82) is 0 Å². The molecule has 0 heterocycles. The van der Waals surface area contributed by atoms with Gasteiger partial charge in [0.25, 0.3) is 0 Å². The molecule has 2 aromatic rings. The molecule has 2 rings (SSSR count). The number of hydrogen-bond donors (Lipinski definition) is 0. The Balaban J connectivity index is 1.69. The quantitative estimate of drug-likeness (QED) is 0.473. The predicted octanol–water partition coefficient (Wildman–Crippen LogP) is 5.29. The van der Waals surface area contributed by atoms with Crippen molar-refractivity contribution in [3.05, 3.63) is 69.7 Å². The van der Waals surface area contributed by atoms with Gasteiger partial charge in [-0.3, -0.25) is 9.59 Å². The van der Waals surface area contributed by atoms with Crippen LogP contribution in [0.25, 0.3) is 0 Å². The Hall–Kier alpha value is -2.04. The van der Waals surface area contributed by atoms with Crippen molar-refractivity contribution in [3.63, 3.8) is 0 Å². The maximum absolute atomic E-state index is 11.9. The highest BCUT2D eigenvalue weighted by Crippen LogP contribution is 2.12. The first-order valence-corrected chi connectivity index (χ1v) is 8.22. The van der Waals surface area contributed by atoms with Gasteiger partial charge in [0, 0.05) is 34.0 Å². The Kier molecular flexibility index (Phi) is 7.09. The second-order valence-electron chi connectivity index (χ2n) is 5.09. The zero-order valence-corrected chi connectivity index (χ0v) is 14.4. The lowest BCUT2D eigenvalue weighted by atomic mass is 10.1. The topological polar surface area (TPSA) is 58.9 Å².